The second-order valence-electron chi connectivity index (χ2n) is 5.54. The highest BCUT2D eigenvalue weighted by Crippen LogP contribution is 2.34. The largest absolute Gasteiger partial charge is 0.486 e. The molecule has 0 aliphatic carbocycles. The molecule has 1 aromatic heterocycles. The highest BCUT2D eigenvalue weighted by molar-refractivity contribution is 7.80. The first kappa shape index (κ1) is 15.6. The minimum atomic E-state index is 0.535. The summed E-state index contributed by atoms with van der Waals surface area (Å²) >= 11 is 5.23. The molecule has 0 atom stereocenters. The number of hydrogen-bond donors (Lipinski definition) is 2. The van der Waals surface area contributed by atoms with Gasteiger partial charge in [-0.05, 0) is 30.4 Å². The molecule has 126 valence electrons. The zero-order valence-corrected chi connectivity index (χ0v) is 14.2. The quantitative estimate of drug-likeness (QED) is 0.427. The van der Waals surface area contributed by atoms with E-state index in [9.17, 15) is 0 Å². The molecule has 0 saturated carbocycles. The lowest BCUT2D eigenvalue weighted by molar-refractivity contribution is 0.172. The van der Waals surface area contributed by atoms with Crippen molar-refractivity contribution < 1.29 is 9.47 Å². The van der Waals surface area contributed by atoms with Gasteiger partial charge in [0.25, 0.3) is 0 Å². The predicted octanol–water partition coefficient (Wildman–Crippen LogP) is 3.03. The van der Waals surface area contributed by atoms with Gasteiger partial charge in [0, 0.05) is 24.4 Å². The maximum atomic E-state index is 5.62. The smallest absolute Gasteiger partial charge is 0.171 e. The molecule has 2 aromatic carbocycles. The molecule has 3 aromatic rings. The van der Waals surface area contributed by atoms with Crippen LogP contribution in [0.25, 0.3) is 22.1 Å². The molecule has 2 heterocycles. The summed E-state index contributed by atoms with van der Waals surface area (Å²) in [7, 11) is 0. The SMILES string of the molecule is C=CCNC(=S)Nc1ccc2nc3cc4c(cc3nc2c1)OCCO4. The second-order valence-corrected chi connectivity index (χ2v) is 5.94. The van der Waals surface area contributed by atoms with E-state index in [0.717, 1.165) is 27.8 Å². The number of rotatable bonds is 3. The van der Waals surface area contributed by atoms with Crippen LogP contribution in [-0.2, 0) is 0 Å². The highest BCUT2D eigenvalue weighted by atomic mass is 32.1. The Balaban J connectivity index is 1.70. The Morgan fingerprint density at radius 1 is 1.04 bits per heavy atom. The molecule has 6 nitrogen and oxygen atoms in total. The number of nitrogens with one attached hydrogen (secondary N) is 2. The number of benzene rings is 2. The van der Waals surface area contributed by atoms with E-state index in [0.29, 0.717) is 36.4 Å². The summed E-state index contributed by atoms with van der Waals surface area (Å²) in [5.74, 6) is 1.42. The number of aromatic nitrogens is 2. The third-order valence-corrected chi connectivity index (χ3v) is 4.01. The minimum Gasteiger partial charge on any atom is -0.486 e. The van der Waals surface area contributed by atoms with Gasteiger partial charge in [-0.1, -0.05) is 6.08 Å². The predicted molar refractivity (Wildman–Crippen MR) is 102 cm³/mol. The van der Waals surface area contributed by atoms with E-state index in [1.807, 2.05) is 30.3 Å². The molecule has 1 aliphatic heterocycles. The first-order chi connectivity index (χ1) is 12.2. The zero-order chi connectivity index (χ0) is 17.2. The van der Waals surface area contributed by atoms with Gasteiger partial charge >= 0.3 is 0 Å². The lowest BCUT2D eigenvalue weighted by Gasteiger charge is -2.18. The number of thiocarbonyl (C=S) groups is 1. The molecule has 1 aliphatic rings. The number of ether oxygens (including phenoxy) is 2. The van der Waals surface area contributed by atoms with Crippen molar-refractivity contribution in [3.63, 3.8) is 0 Å². The molecule has 0 radical (unpaired) electrons. The molecule has 0 fully saturated rings. The summed E-state index contributed by atoms with van der Waals surface area (Å²) in [6.07, 6.45) is 1.75. The van der Waals surface area contributed by atoms with Gasteiger partial charge in [-0.25, -0.2) is 9.97 Å². The summed E-state index contributed by atoms with van der Waals surface area (Å²) < 4.78 is 11.2. The fourth-order valence-corrected chi connectivity index (χ4v) is 2.83. The fraction of sp³-hybridized carbons (Fsp3) is 0.167. The molecule has 0 amide bonds. The standard InChI is InChI=1S/C18H16N4O2S/c1-2-5-19-18(25)20-11-3-4-12-13(8-11)22-15-10-17-16(9-14(15)21-12)23-6-7-24-17/h2-4,8-10H,1,5-7H2,(H2,19,20,25). The molecule has 25 heavy (non-hydrogen) atoms. The van der Waals surface area contributed by atoms with Gasteiger partial charge in [0.2, 0.25) is 0 Å². The van der Waals surface area contributed by atoms with Crippen LogP contribution in [0.4, 0.5) is 5.69 Å². The fourth-order valence-electron chi connectivity index (χ4n) is 2.63. The van der Waals surface area contributed by atoms with Gasteiger partial charge in [0.15, 0.2) is 16.6 Å². The maximum absolute atomic E-state index is 5.62. The first-order valence-corrected chi connectivity index (χ1v) is 8.31. The normalized spacial score (nSPS) is 12.8. The molecule has 0 bridgehead atoms. The van der Waals surface area contributed by atoms with Crippen LogP contribution in [-0.4, -0.2) is 34.8 Å². The Kier molecular flexibility index (Phi) is 4.07. The van der Waals surface area contributed by atoms with E-state index in [1.54, 1.807) is 6.08 Å². The first-order valence-electron chi connectivity index (χ1n) is 7.90. The Morgan fingerprint density at radius 3 is 2.36 bits per heavy atom. The third kappa shape index (κ3) is 3.18. The maximum Gasteiger partial charge on any atom is 0.171 e. The molecule has 2 N–H and O–H groups in total. The molecule has 0 saturated heterocycles. The Morgan fingerprint density at radius 2 is 1.68 bits per heavy atom. The average Bonchev–Trinajstić information content (AvgIpc) is 2.63. The minimum absolute atomic E-state index is 0.535. The van der Waals surface area contributed by atoms with Gasteiger partial charge < -0.3 is 20.1 Å². The van der Waals surface area contributed by atoms with Crippen molar-refractivity contribution in [2.45, 2.75) is 0 Å². The van der Waals surface area contributed by atoms with Crippen LogP contribution in [0.5, 0.6) is 11.5 Å². The lowest BCUT2D eigenvalue weighted by atomic mass is 10.2. The van der Waals surface area contributed by atoms with E-state index in [-0.39, 0.29) is 0 Å². The monoisotopic (exact) mass is 352 g/mol. The molecule has 4 rings (SSSR count). The Labute approximate surface area is 149 Å². The van der Waals surface area contributed by atoms with Crippen molar-refractivity contribution in [1.29, 1.82) is 0 Å². The molecular weight excluding hydrogens is 336 g/mol. The average molecular weight is 352 g/mol. The summed E-state index contributed by atoms with van der Waals surface area (Å²) in [6, 6.07) is 9.49. The van der Waals surface area contributed by atoms with Crippen LogP contribution in [0.15, 0.2) is 43.0 Å². The lowest BCUT2D eigenvalue weighted by Crippen LogP contribution is -2.28. The van der Waals surface area contributed by atoms with Crippen LogP contribution < -0.4 is 20.1 Å². The van der Waals surface area contributed by atoms with Gasteiger partial charge in [-0.2, -0.15) is 0 Å². The van der Waals surface area contributed by atoms with Gasteiger partial charge in [0.1, 0.15) is 13.2 Å². The van der Waals surface area contributed by atoms with Crippen LogP contribution in [0, 0.1) is 0 Å². The van der Waals surface area contributed by atoms with Crippen molar-refractivity contribution in [3.05, 3.63) is 43.0 Å². The van der Waals surface area contributed by atoms with E-state index < -0.39 is 0 Å². The summed E-state index contributed by atoms with van der Waals surface area (Å²) in [5, 5.41) is 6.69. The molecule has 0 unspecified atom stereocenters. The molecular formula is C18H16N4O2S. The van der Waals surface area contributed by atoms with Crippen LogP contribution in [0.3, 0.4) is 0 Å². The van der Waals surface area contributed by atoms with Crippen molar-refractivity contribution in [2.24, 2.45) is 0 Å². The van der Waals surface area contributed by atoms with Gasteiger partial charge in [-0.3, -0.25) is 0 Å². The van der Waals surface area contributed by atoms with E-state index >= 15 is 0 Å². The summed E-state index contributed by atoms with van der Waals surface area (Å²) in [5.41, 5.74) is 3.97. The van der Waals surface area contributed by atoms with E-state index in [2.05, 4.69) is 22.2 Å². The second kappa shape index (κ2) is 6.52. The van der Waals surface area contributed by atoms with Crippen molar-refractivity contribution in [2.75, 3.05) is 25.1 Å². The third-order valence-electron chi connectivity index (χ3n) is 3.76. The van der Waals surface area contributed by atoms with E-state index in [1.165, 1.54) is 0 Å². The van der Waals surface area contributed by atoms with Gasteiger partial charge in [-0.15, -0.1) is 6.58 Å². The Hall–Kier alpha value is -2.93. The number of nitrogens with zero attached hydrogens (tertiary/aromatic N) is 2. The topological polar surface area (TPSA) is 68.3 Å². The highest BCUT2D eigenvalue weighted by Gasteiger charge is 2.14. The number of anilines is 1. The Bertz CT molecular complexity index is 990. The van der Waals surface area contributed by atoms with E-state index in [4.69, 9.17) is 26.7 Å². The van der Waals surface area contributed by atoms with Crippen molar-refractivity contribution in [3.8, 4) is 11.5 Å². The van der Waals surface area contributed by atoms with Crippen LogP contribution >= 0.6 is 12.2 Å². The zero-order valence-electron chi connectivity index (χ0n) is 13.4. The van der Waals surface area contributed by atoms with Gasteiger partial charge in [0.05, 0.1) is 22.1 Å². The summed E-state index contributed by atoms with van der Waals surface area (Å²) in [4.78, 5) is 9.37. The summed E-state index contributed by atoms with van der Waals surface area (Å²) in [6.45, 7) is 5.36. The number of hydrogen-bond acceptors (Lipinski definition) is 5. The van der Waals surface area contributed by atoms with Crippen molar-refractivity contribution in [1.82, 2.24) is 15.3 Å². The van der Waals surface area contributed by atoms with Crippen molar-refractivity contribution >= 4 is 45.1 Å². The molecule has 0 spiro atoms. The van der Waals surface area contributed by atoms with Crippen LogP contribution in [0.1, 0.15) is 0 Å². The number of fused-ring (bicyclic) bond motifs is 3. The van der Waals surface area contributed by atoms with Crippen LogP contribution in [0.2, 0.25) is 0 Å². The molecule has 7 heteroatoms.